The first-order chi connectivity index (χ1) is 10.2. The van der Waals surface area contributed by atoms with Crippen molar-refractivity contribution in [2.45, 2.75) is 26.5 Å². The number of ether oxygens (including phenoxy) is 1. The molecular formula is C16H18BrFN2O. The Morgan fingerprint density at radius 1 is 1.29 bits per heavy atom. The molecule has 0 aliphatic carbocycles. The Hall–Kier alpha value is -1.46. The van der Waals surface area contributed by atoms with Crippen molar-refractivity contribution in [3.05, 3.63) is 58.1 Å². The first-order valence-electron chi connectivity index (χ1n) is 6.91. The van der Waals surface area contributed by atoms with Gasteiger partial charge in [0.2, 0.25) is 0 Å². The van der Waals surface area contributed by atoms with Gasteiger partial charge < -0.3 is 10.1 Å². The van der Waals surface area contributed by atoms with Crippen LogP contribution in [-0.2, 0) is 13.2 Å². The Kier molecular flexibility index (Phi) is 6.14. The van der Waals surface area contributed by atoms with Crippen molar-refractivity contribution >= 4 is 15.9 Å². The lowest BCUT2D eigenvalue weighted by Crippen LogP contribution is -2.14. The quantitative estimate of drug-likeness (QED) is 0.763. The second kappa shape index (κ2) is 8.10. The summed E-state index contributed by atoms with van der Waals surface area (Å²) in [5.41, 5.74) is 1.88. The Balaban J connectivity index is 1.88. The molecule has 1 aromatic heterocycles. The molecule has 1 N–H and O–H groups in total. The smallest absolute Gasteiger partial charge is 0.138 e. The molecule has 0 aliphatic heterocycles. The van der Waals surface area contributed by atoms with Crippen LogP contribution >= 0.6 is 15.9 Å². The van der Waals surface area contributed by atoms with Crippen LogP contribution < -0.4 is 10.1 Å². The Labute approximate surface area is 132 Å². The fourth-order valence-corrected chi connectivity index (χ4v) is 2.26. The van der Waals surface area contributed by atoms with Crippen molar-refractivity contribution in [2.75, 3.05) is 6.54 Å². The van der Waals surface area contributed by atoms with E-state index in [1.54, 1.807) is 12.3 Å². The highest BCUT2D eigenvalue weighted by Gasteiger charge is 2.03. The molecule has 0 saturated carbocycles. The molecule has 2 aromatic rings. The second-order valence-corrected chi connectivity index (χ2v) is 5.54. The number of pyridine rings is 1. The number of benzene rings is 1. The summed E-state index contributed by atoms with van der Waals surface area (Å²) in [7, 11) is 0. The Morgan fingerprint density at radius 2 is 2.14 bits per heavy atom. The van der Waals surface area contributed by atoms with Gasteiger partial charge in [-0.2, -0.15) is 0 Å². The number of nitrogens with one attached hydrogen (secondary N) is 1. The van der Waals surface area contributed by atoms with Crippen LogP contribution in [-0.4, -0.2) is 11.5 Å². The molecule has 3 nitrogen and oxygen atoms in total. The van der Waals surface area contributed by atoms with Gasteiger partial charge in [-0.15, -0.1) is 0 Å². The van der Waals surface area contributed by atoms with Crippen molar-refractivity contribution in [1.29, 1.82) is 0 Å². The largest absolute Gasteiger partial charge is 0.487 e. The predicted octanol–water partition coefficient (Wildman–Crippen LogP) is 4.06. The molecule has 21 heavy (non-hydrogen) atoms. The molecule has 0 fully saturated rings. The van der Waals surface area contributed by atoms with Gasteiger partial charge >= 0.3 is 0 Å². The van der Waals surface area contributed by atoms with Crippen molar-refractivity contribution < 1.29 is 9.13 Å². The average molecular weight is 353 g/mol. The summed E-state index contributed by atoms with van der Waals surface area (Å²) in [4.78, 5) is 4.34. The third-order valence-corrected chi connectivity index (χ3v) is 3.68. The zero-order valence-corrected chi connectivity index (χ0v) is 13.5. The minimum absolute atomic E-state index is 0.267. The van der Waals surface area contributed by atoms with Crippen LogP contribution in [0, 0.1) is 5.82 Å². The van der Waals surface area contributed by atoms with Crippen LogP contribution in [0.4, 0.5) is 4.39 Å². The lowest BCUT2D eigenvalue weighted by atomic mass is 10.2. The predicted molar refractivity (Wildman–Crippen MR) is 84.7 cm³/mol. The van der Waals surface area contributed by atoms with Gasteiger partial charge in [-0.05, 0) is 37.2 Å². The van der Waals surface area contributed by atoms with Crippen LogP contribution in [0.15, 0.2) is 41.0 Å². The Morgan fingerprint density at radius 3 is 2.81 bits per heavy atom. The molecule has 2 rings (SSSR count). The third-order valence-electron chi connectivity index (χ3n) is 2.94. The van der Waals surface area contributed by atoms with Gasteiger partial charge in [0.25, 0.3) is 0 Å². The fraction of sp³-hybridized carbons (Fsp3) is 0.312. The molecule has 0 spiro atoms. The Bertz CT molecular complexity index is 575. The van der Waals surface area contributed by atoms with Crippen LogP contribution in [0.25, 0.3) is 0 Å². The highest BCUT2D eigenvalue weighted by atomic mass is 79.9. The van der Waals surface area contributed by atoms with E-state index in [9.17, 15) is 4.39 Å². The number of hydrogen-bond donors (Lipinski definition) is 1. The summed E-state index contributed by atoms with van der Waals surface area (Å²) in [6, 6.07) is 8.39. The van der Waals surface area contributed by atoms with E-state index in [4.69, 9.17) is 4.74 Å². The lowest BCUT2D eigenvalue weighted by molar-refractivity contribution is 0.304. The molecule has 1 aromatic carbocycles. The zero-order chi connectivity index (χ0) is 15.1. The number of rotatable bonds is 7. The molecule has 0 atom stereocenters. The number of halogens is 2. The van der Waals surface area contributed by atoms with Crippen LogP contribution in [0.1, 0.15) is 24.6 Å². The van der Waals surface area contributed by atoms with Crippen LogP contribution in [0.3, 0.4) is 0 Å². The summed E-state index contributed by atoms with van der Waals surface area (Å²) in [5, 5.41) is 3.30. The molecule has 0 radical (unpaired) electrons. The van der Waals surface area contributed by atoms with Crippen LogP contribution in [0.5, 0.6) is 5.75 Å². The summed E-state index contributed by atoms with van der Waals surface area (Å²) >= 11 is 3.32. The molecular weight excluding hydrogens is 335 g/mol. The van der Waals surface area contributed by atoms with Gasteiger partial charge in [-0.1, -0.05) is 28.9 Å². The molecule has 0 saturated heterocycles. The van der Waals surface area contributed by atoms with E-state index >= 15 is 0 Å². The van der Waals surface area contributed by atoms with Gasteiger partial charge in [0, 0.05) is 16.6 Å². The molecule has 0 bridgehead atoms. The SMILES string of the molecule is CCCNCc1ccc(OCc2ccc(F)cc2Br)cn1. The third kappa shape index (κ3) is 5.10. The normalized spacial score (nSPS) is 10.6. The van der Waals surface area contributed by atoms with Gasteiger partial charge in [-0.25, -0.2) is 4.39 Å². The van der Waals surface area contributed by atoms with Gasteiger partial charge in [0.05, 0.1) is 11.9 Å². The summed E-state index contributed by atoms with van der Waals surface area (Å²) < 4.78 is 19.4. The molecule has 1 heterocycles. The molecule has 5 heteroatoms. The highest BCUT2D eigenvalue weighted by molar-refractivity contribution is 9.10. The number of hydrogen-bond acceptors (Lipinski definition) is 3. The van der Waals surface area contributed by atoms with Crippen molar-refractivity contribution in [1.82, 2.24) is 10.3 Å². The highest BCUT2D eigenvalue weighted by Crippen LogP contribution is 2.20. The van der Waals surface area contributed by atoms with Gasteiger partial charge in [0.15, 0.2) is 0 Å². The summed E-state index contributed by atoms with van der Waals surface area (Å²) in [6.45, 7) is 4.25. The van der Waals surface area contributed by atoms with E-state index in [1.165, 1.54) is 12.1 Å². The monoisotopic (exact) mass is 352 g/mol. The topological polar surface area (TPSA) is 34.1 Å². The maximum absolute atomic E-state index is 13.0. The van der Waals surface area contributed by atoms with E-state index in [0.29, 0.717) is 16.8 Å². The summed E-state index contributed by atoms with van der Waals surface area (Å²) in [5.74, 6) is 0.432. The van der Waals surface area contributed by atoms with E-state index in [2.05, 4.69) is 33.2 Å². The minimum atomic E-state index is -0.267. The van der Waals surface area contributed by atoms with E-state index in [1.807, 2.05) is 12.1 Å². The van der Waals surface area contributed by atoms with Crippen LogP contribution in [0.2, 0.25) is 0 Å². The van der Waals surface area contributed by atoms with Crippen molar-refractivity contribution in [2.24, 2.45) is 0 Å². The lowest BCUT2D eigenvalue weighted by Gasteiger charge is -2.08. The summed E-state index contributed by atoms with van der Waals surface area (Å²) in [6.07, 6.45) is 2.81. The standard InChI is InChI=1S/C16H18BrFN2O/c1-2-7-19-9-14-5-6-15(10-20-14)21-11-12-3-4-13(18)8-16(12)17/h3-6,8,10,19H,2,7,9,11H2,1H3. The number of aromatic nitrogens is 1. The molecule has 0 amide bonds. The maximum Gasteiger partial charge on any atom is 0.138 e. The fourth-order valence-electron chi connectivity index (χ4n) is 1.79. The maximum atomic E-state index is 13.0. The van der Waals surface area contributed by atoms with E-state index in [-0.39, 0.29) is 5.82 Å². The minimum Gasteiger partial charge on any atom is -0.487 e. The number of nitrogens with zero attached hydrogens (tertiary/aromatic N) is 1. The second-order valence-electron chi connectivity index (χ2n) is 4.69. The first kappa shape index (κ1) is 15.9. The first-order valence-corrected chi connectivity index (χ1v) is 7.70. The van der Waals surface area contributed by atoms with Crippen molar-refractivity contribution in [3.8, 4) is 5.75 Å². The molecule has 0 aliphatic rings. The van der Waals surface area contributed by atoms with E-state index in [0.717, 1.165) is 30.8 Å². The zero-order valence-electron chi connectivity index (χ0n) is 11.9. The average Bonchev–Trinajstić information content (AvgIpc) is 2.48. The van der Waals surface area contributed by atoms with E-state index < -0.39 is 0 Å². The molecule has 112 valence electrons. The molecule has 0 unspecified atom stereocenters. The van der Waals surface area contributed by atoms with Crippen molar-refractivity contribution in [3.63, 3.8) is 0 Å². The van der Waals surface area contributed by atoms with Gasteiger partial charge in [-0.3, -0.25) is 4.98 Å². The van der Waals surface area contributed by atoms with Gasteiger partial charge in [0.1, 0.15) is 18.2 Å².